The van der Waals surface area contributed by atoms with Crippen LogP contribution in [-0.2, 0) is 0 Å². The van der Waals surface area contributed by atoms with Gasteiger partial charge in [-0.15, -0.1) is 0 Å². The van der Waals surface area contributed by atoms with Gasteiger partial charge in [0.2, 0.25) is 0 Å². The predicted molar refractivity (Wildman–Crippen MR) is 169 cm³/mol. The zero-order valence-corrected chi connectivity index (χ0v) is 23.9. The molecule has 2 N–H and O–H groups in total. The molecule has 0 saturated carbocycles. The molecule has 0 fully saturated rings. The lowest BCUT2D eigenvalue weighted by Crippen LogP contribution is -1.81. The van der Waals surface area contributed by atoms with E-state index < -0.39 is 0 Å². The molecule has 0 aliphatic rings. The van der Waals surface area contributed by atoms with E-state index in [1.165, 1.54) is 25.1 Å². The maximum atomic E-state index is 5.74. The number of aliphatic imine (C=N–C) groups is 2. The van der Waals surface area contributed by atoms with Gasteiger partial charge in [-0.1, -0.05) is 60.9 Å². The summed E-state index contributed by atoms with van der Waals surface area (Å²) in [4.78, 5) is 14.1. The number of hydrogen-bond donors (Lipinski definition) is 1. The quantitative estimate of drug-likeness (QED) is 0.0809. The van der Waals surface area contributed by atoms with Crippen LogP contribution in [0.2, 0.25) is 0 Å². The van der Waals surface area contributed by atoms with Crippen LogP contribution in [0.4, 0.5) is 17.1 Å². The van der Waals surface area contributed by atoms with Crippen molar-refractivity contribution >= 4 is 72.7 Å². The molecule has 7 heteroatoms. The highest BCUT2D eigenvalue weighted by Gasteiger charge is 1.99. The van der Waals surface area contributed by atoms with Crippen LogP contribution >= 0.6 is 43.2 Å². The number of nitrogens with two attached hydrogens (primary N) is 1. The van der Waals surface area contributed by atoms with Crippen molar-refractivity contribution in [3.8, 4) is 0 Å². The third-order valence-electron chi connectivity index (χ3n) is 5.19. The first-order chi connectivity index (χ1) is 18.1. The second kappa shape index (κ2) is 15.0. The van der Waals surface area contributed by atoms with Crippen LogP contribution < -0.4 is 5.73 Å². The second-order valence-corrected chi connectivity index (χ2v) is 12.8. The molecule has 0 unspecified atom stereocenters. The Morgan fingerprint density at radius 3 is 1.30 bits per heavy atom. The smallest absolute Gasteiger partial charge is 0.0626 e. The molecule has 0 bridgehead atoms. The summed E-state index contributed by atoms with van der Waals surface area (Å²) in [6.45, 7) is 2.11. The molecule has 0 aliphatic carbocycles. The maximum Gasteiger partial charge on any atom is 0.0626 e. The van der Waals surface area contributed by atoms with E-state index in [1.54, 1.807) is 43.2 Å². The molecule has 0 saturated heterocycles. The van der Waals surface area contributed by atoms with E-state index in [2.05, 4.69) is 89.7 Å². The molecule has 4 aromatic rings. The summed E-state index contributed by atoms with van der Waals surface area (Å²) in [6, 6.07) is 33.3. The van der Waals surface area contributed by atoms with E-state index in [1.807, 2.05) is 36.7 Å². The molecular weight excluding hydrogens is 531 g/mol. The molecule has 0 amide bonds. The van der Waals surface area contributed by atoms with Crippen molar-refractivity contribution in [3.05, 3.63) is 103 Å². The standard InChI is InChI=1S/C30H29N3S4/c1-23-5-13-27(14-6-23)34-36-29-17-9-25(10-18-29)32-21-3-2-4-22-33-26-11-19-30(20-12-26)37-35-28-15-7-24(31)8-16-28/h5-22H,2-4,31H2,1H3. The van der Waals surface area contributed by atoms with Crippen molar-refractivity contribution < 1.29 is 0 Å². The van der Waals surface area contributed by atoms with E-state index in [9.17, 15) is 0 Å². The van der Waals surface area contributed by atoms with Gasteiger partial charge in [-0.3, -0.25) is 9.98 Å². The Bertz CT molecular complexity index is 1180. The topological polar surface area (TPSA) is 50.7 Å². The van der Waals surface area contributed by atoms with Crippen LogP contribution in [0.1, 0.15) is 24.8 Å². The molecule has 0 heterocycles. The fraction of sp³-hybridized carbons (Fsp3) is 0.133. The van der Waals surface area contributed by atoms with E-state index in [4.69, 9.17) is 5.73 Å². The fourth-order valence-corrected chi connectivity index (χ4v) is 6.99. The van der Waals surface area contributed by atoms with Crippen molar-refractivity contribution in [2.75, 3.05) is 5.73 Å². The normalized spacial score (nSPS) is 11.5. The fourth-order valence-electron chi connectivity index (χ4n) is 3.13. The summed E-state index contributed by atoms with van der Waals surface area (Å²) < 4.78 is 0. The largest absolute Gasteiger partial charge is 0.399 e. The van der Waals surface area contributed by atoms with Crippen LogP contribution in [-0.4, -0.2) is 12.4 Å². The Labute approximate surface area is 235 Å². The summed E-state index contributed by atoms with van der Waals surface area (Å²) in [7, 11) is 7.01. The summed E-state index contributed by atoms with van der Waals surface area (Å²) in [5, 5.41) is 0. The molecule has 0 aliphatic heterocycles. The third-order valence-corrected chi connectivity index (χ3v) is 10.0. The lowest BCUT2D eigenvalue weighted by Gasteiger charge is -2.02. The van der Waals surface area contributed by atoms with Gasteiger partial charge in [0.25, 0.3) is 0 Å². The van der Waals surface area contributed by atoms with E-state index in [-0.39, 0.29) is 0 Å². The van der Waals surface area contributed by atoms with Crippen molar-refractivity contribution in [1.29, 1.82) is 0 Å². The average Bonchev–Trinajstić information content (AvgIpc) is 2.93. The van der Waals surface area contributed by atoms with Crippen LogP contribution in [0.15, 0.2) is 127 Å². The molecule has 37 heavy (non-hydrogen) atoms. The summed E-state index contributed by atoms with van der Waals surface area (Å²) >= 11 is 0. The Kier molecular flexibility index (Phi) is 11.1. The molecule has 4 rings (SSSR count). The van der Waals surface area contributed by atoms with Crippen LogP contribution in [0, 0.1) is 6.92 Å². The van der Waals surface area contributed by atoms with E-state index in [0.29, 0.717) is 0 Å². The molecule has 0 spiro atoms. The number of nitrogen functional groups attached to an aromatic ring is 1. The monoisotopic (exact) mass is 559 g/mol. The summed E-state index contributed by atoms with van der Waals surface area (Å²) in [6.07, 6.45) is 6.89. The number of unbranched alkanes of at least 4 members (excludes halogenated alkanes) is 2. The molecular formula is C30H29N3S4. The minimum Gasteiger partial charge on any atom is -0.399 e. The highest BCUT2D eigenvalue weighted by Crippen LogP contribution is 2.39. The van der Waals surface area contributed by atoms with Crippen molar-refractivity contribution in [1.82, 2.24) is 0 Å². The van der Waals surface area contributed by atoms with Gasteiger partial charge < -0.3 is 5.73 Å². The Morgan fingerprint density at radius 1 is 0.541 bits per heavy atom. The van der Waals surface area contributed by atoms with Gasteiger partial charge in [-0.2, -0.15) is 0 Å². The predicted octanol–water partition coefficient (Wildman–Crippen LogP) is 10.5. The SMILES string of the molecule is Cc1ccc(SSc2ccc(N=CCCCC=Nc3ccc(SSc4ccc(N)cc4)cc3)cc2)cc1. The van der Waals surface area contributed by atoms with Crippen molar-refractivity contribution in [2.24, 2.45) is 9.98 Å². The van der Waals surface area contributed by atoms with Crippen LogP contribution in [0.3, 0.4) is 0 Å². The van der Waals surface area contributed by atoms with Crippen molar-refractivity contribution in [3.63, 3.8) is 0 Å². The van der Waals surface area contributed by atoms with Gasteiger partial charge in [0.15, 0.2) is 0 Å². The van der Waals surface area contributed by atoms with E-state index in [0.717, 1.165) is 36.3 Å². The minimum absolute atomic E-state index is 0.789. The number of rotatable bonds is 12. The first kappa shape index (κ1) is 27.5. The number of aryl methyl sites for hydroxylation is 1. The van der Waals surface area contributed by atoms with Crippen LogP contribution in [0.25, 0.3) is 0 Å². The van der Waals surface area contributed by atoms with Gasteiger partial charge in [0.05, 0.1) is 11.4 Å². The first-order valence-electron chi connectivity index (χ1n) is 12.0. The molecule has 3 nitrogen and oxygen atoms in total. The molecule has 4 aromatic carbocycles. The van der Waals surface area contributed by atoms with Gasteiger partial charge >= 0.3 is 0 Å². The number of anilines is 1. The third kappa shape index (κ3) is 10.0. The summed E-state index contributed by atoms with van der Waals surface area (Å²) in [5.41, 5.74) is 9.79. The summed E-state index contributed by atoms with van der Waals surface area (Å²) in [5.74, 6) is 0. The van der Waals surface area contributed by atoms with Crippen LogP contribution in [0.5, 0.6) is 0 Å². The van der Waals surface area contributed by atoms with Gasteiger partial charge in [-0.25, -0.2) is 0 Å². The highest BCUT2D eigenvalue weighted by molar-refractivity contribution is 8.77. The highest BCUT2D eigenvalue weighted by atomic mass is 33.1. The Hall–Kier alpha value is -2.58. The van der Waals surface area contributed by atoms with Gasteiger partial charge in [0.1, 0.15) is 0 Å². The maximum absolute atomic E-state index is 5.74. The Balaban J connectivity index is 1.11. The van der Waals surface area contributed by atoms with Crippen molar-refractivity contribution in [2.45, 2.75) is 45.8 Å². The molecule has 0 atom stereocenters. The average molecular weight is 560 g/mol. The lowest BCUT2D eigenvalue weighted by atomic mass is 10.2. The number of benzene rings is 4. The molecule has 0 aromatic heterocycles. The zero-order valence-electron chi connectivity index (χ0n) is 20.6. The van der Waals surface area contributed by atoms with E-state index >= 15 is 0 Å². The lowest BCUT2D eigenvalue weighted by molar-refractivity contribution is 0.944. The molecule has 0 radical (unpaired) electrons. The number of nitrogens with zero attached hydrogens (tertiary/aromatic N) is 2. The number of hydrogen-bond acceptors (Lipinski definition) is 7. The zero-order chi connectivity index (χ0) is 25.7. The molecule has 188 valence electrons. The Morgan fingerprint density at radius 2 is 0.892 bits per heavy atom. The second-order valence-electron chi connectivity index (χ2n) is 8.26. The van der Waals surface area contributed by atoms with Gasteiger partial charge in [0, 0.05) is 37.7 Å². The first-order valence-corrected chi connectivity index (χ1v) is 16.3. The minimum atomic E-state index is 0.789. The van der Waals surface area contributed by atoms with Gasteiger partial charge in [-0.05, 0) is 111 Å².